The number of amides is 1. The maximum atomic E-state index is 12.5. The van der Waals surface area contributed by atoms with Crippen molar-refractivity contribution < 1.29 is 28.5 Å². The minimum absolute atomic E-state index is 0.0257. The molecule has 0 saturated carbocycles. The molecule has 2 aromatic rings. The molecule has 11 heteroatoms. The molecule has 1 fully saturated rings. The van der Waals surface area contributed by atoms with E-state index in [9.17, 15) is 10.1 Å². The fraction of sp³-hybridized carbons (Fsp3) is 0.381. The highest BCUT2D eigenvalue weighted by Crippen LogP contribution is 2.44. The molecule has 3 heterocycles. The lowest BCUT2D eigenvalue weighted by Crippen LogP contribution is -2.42. The van der Waals surface area contributed by atoms with Gasteiger partial charge in [0.1, 0.15) is 11.6 Å². The quantitative estimate of drug-likeness (QED) is 0.707. The Kier molecular flexibility index (Phi) is 6.16. The summed E-state index contributed by atoms with van der Waals surface area (Å²) in [5.41, 5.74) is 8.23. The zero-order valence-electron chi connectivity index (χ0n) is 17.7. The van der Waals surface area contributed by atoms with Gasteiger partial charge in [-0.2, -0.15) is 5.26 Å². The van der Waals surface area contributed by atoms with Crippen LogP contribution in [0, 0.1) is 11.3 Å². The summed E-state index contributed by atoms with van der Waals surface area (Å²) in [6.45, 7) is 2.10. The monoisotopic (exact) mass is 441 g/mol. The van der Waals surface area contributed by atoms with Crippen molar-refractivity contribution in [2.24, 2.45) is 5.73 Å². The second kappa shape index (κ2) is 9.17. The maximum absolute atomic E-state index is 12.5. The van der Waals surface area contributed by atoms with E-state index in [2.05, 4.69) is 16.3 Å². The number of rotatable bonds is 5. The van der Waals surface area contributed by atoms with Gasteiger partial charge in [0, 0.05) is 20.2 Å². The summed E-state index contributed by atoms with van der Waals surface area (Å²) in [6.07, 6.45) is -0.480. The van der Waals surface area contributed by atoms with E-state index in [1.54, 1.807) is 30.2 Å². The third-order valence-electron chi connectivity index (χ3n) is 5.29. The molecular formula is C21H23N5O6. The predicted octanol–water partition coefficient (Wildman–Crippen LogP) is 1.61. The lowest BCUT2D eigenvalue weighted by atomic mass is 9.84. The first-order valence-electron chi connectivity index (χ1n) is 9.93. The summed E-state index contributed by atoms with van der Waals surface area (Å²) in [7, 11) is 3.03. The highest BCUT2D eigenvalue weighted by Gasteiger charge is 2.35. The van der Waals surface area contributed by atoms with Crippen molar-refractivity contribution in [1.29, 1.82) is 5.26 Å². The molecule has 2 aliphatic rings. The van der Waals surface area contributed by atoms with Crippen molar-refractivity contribution in [2.75, 3.05) is 40.5 Å². The Morgan fingerprint density at radius 2 is 2.12 bits per heavy atom. The number of nitrogens with one attached hydrogen (secondary N) is 1. The van der Waals surface area contributed by atoms with E-state index >= 15 is 0 Å². The van der Waals surface area contributed by atoms with Crippen LogP contribution >= 0.6 is 0 Å². The Balaban J connectivity index is 1.69. The van der Waals surface area contributed by atoms with Crippen LogP contribution in [0.3, 0.4) is 0 Å². The first-order valence-corrected chi connectivity index (χ1v) is 9.93. The Bertz CT molecular complexity index is 1080. The van der Waals surface area contributed by atoms with Gasteiger partial charge in [-0.25, -0.2) is 4.79 Å². The normalized spacial score (nSPS) is 17.9. The number of ether oxygens (including phenoxy) is 5. The fourth-order valence-electron chi connectivity index (χ4n) is 3.75. The van der Waals surface area contributed by atoms with Gasteiger partial charge in [0.2, 0.25) is 11.8 Å². The van der Waals surface area contributed by atoms with Crippen molar-refractivity contribution in [3.8, 4) is 23.4 Å². The highest BCUT2D eigenvalue weighted by atomic mass is 16.6. The van der Waals surface area contributed by atoms with Crippen molar-refractivity contribution in [3.63, 3.8) is 0 Å². The molecule has 32 heavy (non-hydrogen) atoms. The minimum atomic E-state index is -0.564. The molecule has 2 aliphatic heterocycles. The molecule has 1 aromatic heterocycles. The molecule has 0 unspecified atom stereocenters. The lowest BCUT2D eigenvalue weighted by molar-refractivity contribution is 0.0413. The number of aromatic amines is 1. The van der Waals surface area contributed by atoms with Gasteiger partial charge in [-0.05, 0) is 17.7 Å². The molecule has 1 amide bonds. The third-order valence-corrected chi connectivity index (χ3v) is 5.29. The van der Waals surface area contributed by atoms with E-state index in [0.29, 0.717) is 48.9 Å². The first kappa shape index (κ1) is 21.5. The van der Waals surface area contributed by atoms with Crippen molar-refractivity contribution in [2.45, 2.75) is 12.5 Å². The van der Waals surface area contributed by atoms with E-state index in [4.69, 9.17) is 29.4 Å². The number of methoxy groups -OCH3 is 2. The van der Waals surface area contributed by atoms with Crippen LogP contribution in [0.4, 0.5) is 4.79 Å². The van der Waals surface area contributed by atoms with Crippen molar-refractivity contribution in [3.05, 3.63) is 46.5 Å². The van der Waals surface area contributed by atoms with Crippen LogP contribution in [0.2, 0.25) is 0 Å². The molecule has 0 radical (unpaired) electrons. The number of morpholine rings is 1. The van der Waals surface area contributed by atoms with Crippen LogP contribution in [0.25, 0.3) is 0 Å². The zero-order valence-corrected chi connectivity index (χ0v) is 17.7. The van der Waals surface area contributed by atoms with Gasteiger partial charge in [-0.1, -0.05) is 6.07 Å². The number of hydrogen-bond donors (Lipinski definition) is 2. The van der Waals surface area contributed by atoms with Crippen LogP contribution in [0.5, 0.6) is 17.4 Å². The summed E-state index contributed by atoms with van der Waals surface area (Å²) in [5, 5.41) is 16.8. The van der Waals surface area contributed by atoms with Crippen LogP contribution < -0.4 is 19.9 Å². The molecule has 1 atom stereocenters. The summed E-state index contributed by atoms with van der Waals surface area (Å²) >= 11 is 0. The molecule has 0 spiro atoms. The van der Waals surface area contributed by atoms with Gasteiger partial charge in [0.05, 0.1) is 44.1 Å². The summed E-state index contributed by atoms with van der Waals surface area (Å²) < 4.78 is 27.1. The van der Waals surface area contributed by atoms with E-state index in [0.717, 1.165) is 0 Å². The summed E-state index contributed by atoms with van der Waals surface area (Å²) in [6, 6.07) is 7.21. The van der Waals surface area contributed by atoms with E-state index in [1.165, 1.54) is 7.11 Å². The number of benzene rings is 1. The Morgan fingerprint density at radius 1 is 1.34 bits per heavy atom. The molecule has 4 rings (SSSR count). The second-order valence-corrected chi connectivity index (χ2v) is 7.16. The number of H-pyrrole nitrogens is 1. The van der Waals surface area contributed by atoms with Gasteiger partial charge in [-0.3, -0.25) is 5.10 Å². The summed E-state index contributed by atoms with van der Waals surface area (Å²) in [5.74, 6) is 0.290. The smallest absolute Gasteiger partial charge is 0.415 e. The number of nitriles is 1. The van der Waals surface area contributed by atoms with Gasteiger partial charge >= 0.3 is 6.09 Å². The zero-order chi connectivity index (χ0) is 22.7. The average Bonchev–Trinajstić information content (AvgIpc) is 3.21. The van der Waals surface area contributed by atoms with Gasteiger partial charge in [0.25, 0.3) is 0 Å². The largest absolute Gasteiger partial charge is 0.493 e. The lowest BCUT2D eigenvalue weighted by Gasteiger charge is -2.26. The molecule has 1 saturated heterocycles. The predicted molar refractivity (Wildman–Crippen MR) is 110 cm³/mol. The number of carbonyl (C=O) groups excluding carboxylic acids is 1. The van der Waals surface area contributed by atoms with Crippen LogP contribution in [0.15, 0.2) is 29.7 Å². The number of carbonyl (C=O) groups is 1. The average molecular weight is 441 g/mol. The summed E-state index contributed by atoms with van der Waals surface area (Å²) in [4.78, 5) is 14.1. The Morgan fingerprint density at radius 3 is 2.81 bits per heavy atom. The van der Waals surface area contributed by atoms with Gasteiger partial charge in [0.15, 0.2) is 11.5 Å². The van der Waals surface area contributed by atoms with E-state index in [1.807, 2.05) is 0 Å². The molecule has 3 N–H and O–H groups in total. The standard InChI is InChI=1S/C21H23N5O6/c1-28-11-14-18-17(13(10-22)19(23)32-20(18)25-24-14)12-3-4-15(16(9-12)29-2)31-21(27)26-5-7-30-8-6-26/h3-4,9,17H,5-8,11,23H2,1-2H3,(H,24,25)/t17-/m1/s1. The fourth-order valence-corrected chi connectivity index (χ4v) is 3.75. The number of hydrogen-bond acceptors (Lipinski definition) is 9. The van der Waals surface area contributed by atoms with Crippen molar-refractivity contribution >= 4 is 6.09 Å². The molecule has 168 valence electrons. The SMILES string of the molecule is COCc1[nH]nc2c1[C@H](c1ccc(OC(=O)N3CCOCC3)c(OC)c1)C(C#N)=C(N)O2. The van der Waals surface area contributed by atoms with Gasteiger partial charge in [-0.15, -0.1) is 5.10 Å². The van der Waals surface area contributed by atoms with Crippen LogP contribution in [0.1, 0.15) is 22.7 Å². The van der Waals surface area contributed by atoms with Crippen LogP contribution in [-0.2, 0) is 16.1 Å². The molecule has 0 bridgehead atoms. The van der Waals surface area contributed by atoms with Gasteiger partial charge < -0.3 is 34.3 Å². The molecule has 11 nitrogen and oxygen atoms in total. The Hall–Kier alpha value is -3.75. The number of allylic oxidation sites excluding steroid dienone is 1. The maximum Gasteiger partial charge on any atom is 0.415 e. The highest BCUT2D eigenvalue weighted by molar-refractivity contribution is 5.72. The number of aromatic nitrogens is 2. The number of nitrogens with zero attached hydrogens (tertiary/aromatic N) is 3. The topological polar surface area (TPSA) is 145 Å². The first-order chi connectivity index (χ1) is 15.6. The van der Waals surface area contributed by atoms with E-state index < -0.39 is 12.0 Å². The molecular weight excluding hydrogens is 418 g/mol. The Labute approximate surface area is 184 Å². The number of nitrogens with two attached hydrogens (primary N) is 1. The number of fused-ring (bicyclic) bond motifs is 1. The third kappa shape index (κ3) is 3.93. The molecule has 1 aromatic carbocycles. The minimum Gasteiger partial charge on any atom is -0.493 e. The van der Waals surface area contributed by atoms with E-state index in [-0.39, 0.29) is 29.7 Å². The second-order valence-electron chi connectivity index (χ2n) is 7.16. The molecule has 0 aliphatic carbocycles. The van der Waals surface area contributed by atoms with Crippen molar-refractivity contribution in [1.82, 2.24) is 15.1 Å². The van der Waals surface area contributed by atoms with Crippen LogP contribution in [-0.4, -0.2) is 61.7 Å².